The van der Waals surface area contributed by atoms with Gasteiger partial charge in [0.1, 0.15) is 19.0 Å². The Hall–Kier alpha value is -1.55. The zero-order chi connectivity index (χ0) is 9.97. The lowest BCUT2D eigenvalue weighted by Crippen LogP contribution is -2.04. The SMILES string of the molecule is O=Cc1ccc(O)c(OC[C@H]2CO2)c1. The predicted molar refractivity (Wildman–Crippen MR) is 48.7 cm³/mol. The molecule has 1 heterocycles. The number of carbonyl (C=O) groups excluding carboxylic acids is 1. The first-order valence-electron chi connectivity index (χ1n) is 4.32. The molecule has 1 saturated heterocycles. The predicted octanol–water partition coefficient (Wildman–Crippen LogP) is 0.982. The summed E-state index contributed by atoms with van der Waals surface area (Å²) in [5.74, 6) is 0.362. The van der Waals surface area contributed by atoms with Gasteiger partial charge in [-0.2, -0.15) is 0 Å². The first-order valence-corrected chi connectivity index (χ1v) is 4.32. The van der Waals surface area contributed by atoms with Crippen LogP contribution in [-0.2, 0) is 4.74 Å². The first-order chi connectivity index (χ1) is 6.79. The van der Waals surface area contributed by atoms with E-state index < -0.39 is 0 Å². The van der Waals surface area contributed by atoms with Gasteiger partial charge in [-0.1, -0.05) is 0 Å². The van der Waals surface area contributed by atoms with E-state index in [2.05, 4.69) is 0 Å². The molecule has 0 aliphatic carbocycles. The number of ether oxygens (including phenoxy) is 2. The zero-order valence-electron chi connectivity index (χ0n) is 7.47. The van der Waals surface area contributed by atoms with Crippen LogP contribution in [0.15, 0.2) is 18.2 Å². The molecule has 1 N–H and O–H groups in total. The van der Waals surface area contributed by atoms with Gasteiger partial charge in [0.2, 0.25) is 0 Å². The van der Waals surface area contributed by atoms with E-state index in [0.717, 1.165) is 0 Å². The average molecular weight is 194 g/mol. The Morgan fingerprint density at radius 3 is 3.07 bits per heavy atom. The van der Waals surface area contributed by atoms with Crippen LogP contribution in [0.2, 0.25) is 0 Å². The lowest BCUT2D eigenvalue weighted by atomic mass is 10.2. The monoisotopic (exact) mass is 194 g/mol. The second kappa shape index (κ2) is 3.67. The van der Waals surface area contributed by atoms with Gasteiger partial charge in [-0.05, 0) is 18.2 Å². The zero-order valence-corrected chi connectivity index (χ0v) is 7.47. The van der Waals surface area contributed by atoms with Crippen LogP contribution >= 0.6 is 0 Å². The number of hydrogen-bond donors (Lipinski definition) is 1. The summed E-state index contributed by atoms with van der Waals surface area (Å²) >= 11 is 0. The molecule has 0 radical (unpaired) electrons. The van der Waals surface area contributed by atoms with Crippen molar-refractivity contribution in [3.63, 3.8) is 0 Å². The highest BCUT2D eigenvalue weighted by Gasteiger charge is 2.23. The van der Waals surface area contributed by atoms with Gasteiger partial charge in [0.15, 0.2) is 11.5 Å². The van der Waals surface area contributed by atoms with Crippen LogP contribution in [0.4, 0.5) is 0 Å². The van der Waals surface area contributed by atoms with Gasteiger partial charge in [-0.15, -0.1) is 0 Å². The maximum absolute atomic E-state index is 10.5. The highest BCUT2D eigenvalue weighted by atomic mass is 16.6. The van der Waals surface area contributed by atoms with E-state index in [1.807, 2.05) is 0 Å². The third kappa shape index (κ3) is 2.03. The number of aldehydes is 1. The van der Waals surface area contributed by atoms with Gasteiger partial charge in [0, 0.05) is 5.56 Å². The van der Waals surface area contributed by atoms with Gasteiger partial charge >= 0.3 is 0 Å². The number of rotatable bonds is 4. The van der Waals surface area contributed by atoms with Crippen LogP contribution in [0, 0.1) is 0 Å². The number of benzene rings is 1. The molecule has 4 nitrogen and oxygen atoms in total. The van der Waals surface area contributed by atoms with Crippen LogP contribution in [0.3, 0.4) is 0 Å². The van der Waals surface area contributed by atoms with E-state index in [1.54, 1.807) is 0 Å². The second-order valence-electron chi connectivity index (χ2n) is 3.11. The van der Waals surface area contributed by atoms with Crippen molar-refractivity contribution in [1.29, 1.82) is 0 Å². The molecule has 0 aromatic heterocycles. The van der Waals surface area contributed by atoms with Crippen molar-refractivity contribution in [3.8, 4) is 11.5 Å². The molecule has 14 heavy (non-hydrogen) atoms. The Labute approximate surface area is 81.1 Å². The van der Waals surface area contributed by atoms with Gasteiger partial charge in [0.05, 0.1) is 6.61 Å². The van der Waals surface area contributed by atoms with Gasteiger partial charge in [0.25, 0.3) is 0 Å². The summed E-state index contributed by atoms with van der Waals surface area (Å²) in [5.41, 5.74) is 0.481. The van der Waals surface area contributed by atoms with Gasteiger partial charge in [-0.3, -0.25) is 4.79 Å². The van der Waals surface area contributed by atoms with Crippen molar-refractivity contribution in [2.24, 2.45) is 0 Å². The van der Waals surface area contributed by atoms with E-state index in [0.29, 0.717) is 30.8 Å². The standard InChI is InChI=1S/C10H10O4/c11-4-7-1-2-9(12)10(3-7)14-6-8-5-13-8/h1-4,8,12H,5-6H2/t8-/m1/s1. The van der Waals surface area contributed by atoms with Crippen molar-refractivity contribution in [2.45, 2.75) is 6.10 Å². The highest BCUT2D eigenvalue weighted by molar-refractivity contribution is 5.76. The minimum atomic E-state index is 0.0382. The number of epoxide rings is 1. The maximum Gasteiger partial charge on any atom is 0.161 e. The molecule has 1 aromatic rings. The Morgan fingerprint density at radius 2 is 2.43 bits per heavy atom. The number of carbonyl (C=O) groups is 1. The third-order valence-corrected chi connectivity index (χ3v) is 1.95. The lowest BCUT2D eigenvalue weighted by molar-refractivity contribution is 0.112. The molecule has 4 heteroatoms. The molecule has 0 bridgehead atoms. The molecule has 1 aliphatic heterocycles. The molecule has 1 aromatic carbocycles. The van der Waals surface area contributed by atoms with E-state index in [1.165, 1.54) is 18.2 Å². The Bertz CT molecular complexity index is 344. The maximum atomic E-state index is 10.5. The number of phenolic OH excluding ortho intramolecular Hbond substituents is 1. The fourth-order valence-corrected chi connectivity index (χ4v) is 1.07. The van der Waals surface area contributed by atoms with E-state index in [4.69, 9.17) is 9.47 Å². The molecular weight excluding hydrogens is 184 g/mol. The fraction of sp³-hybridized carbons (Fsp3) is 0.300. The van der Waals surface area contributed by atoms with Crippen molar-refractivity contribution < 1.29 is 19.4 Å². The molecular formula is C10H10O4. The van der Waals surface area contributed by atoms with E-state index >= 15 is 0 Å². The van der Waals surface area contributed by atoms with E-state index in [-0.39, 0.29) is 11.9 Å². The average Bonchev–Trinajstić information content (AvgIpc) is 3.00. The molecule has 2 rings (SSSR count). The molecule has 0 unspecified atom stereocenters. The van der Waals surface area contributed by atoms with Crippen LogP contribution in [0.1, 0.15) is 10.4 Å². The molecule has 0 amide bonds. The number of hydrogen-bond acceptors (Lipinski definition) is 4. The summed E-state index contributed by atoms with van der Waals surface area (Å²) in [6.07, 6.45) is 0.842. The summed E-state index contributed by atoms with van der Waals surface area (Å²) in [7, 11) is 0. The van der Waals surface area contributed by atoms with Gasteiger partial charge in [-0.25, -0.2) is 0 Å². The number of aromatic hydroxyl groups is 1. The molecule has 0 saturated carbocycles. The lowest BCUT2D eigenvalue weighted by Gasteiger charge is -2.06. The van der Waals surface area contributed by atoms with Crippen molar-refractivity contribution in [3.05, 3.63) is 23.8 Å². The molecule has 1 atom stereocenters. The normalized spacial score (nSPS) is 19.0. The van der Waals surface area contributed by atoms with Crippen LogP contribution in [0.25, 0.3) is 0 Å². The molecule has 0 spiro atoms. The number of phenols is 1. The summed E-state index contributed by atoms with van der Waals surface area (Å²) < 4.78 is 10.2. The summed E-state index contributed by atoms with van der Waals surface area (Å²) in [5, 5.41) is 9.38. The Morgan fingerprint density at radius 1 is 1.64 bits per heavy atom. The summed E-state index contributed by atoms with van der Waals surface area (Å²) in [4.78, 5) is 10.5. The van der Waals surface area contributed by atoms with E-state index in [9.17, 15) is 9.90 Å². The largest absolute Gasteiger partial charge is 0.504 e. The summed E-state index contributed by atoms with van der Waals surface area (Å²) in [6, 6.07) is 4.47. The summed E-state index contributed by atoms with van der Waals surface area (Å²) in [6.45, 7) is 1.12. The fourth-order valence-electron chi connectivity index (χ4n) is 1.07. The topological polar surface area (TPSA) is 59.1 Å². The smallest absolute Gasteiger partial charge is 0.161 e. The van der Waals surface area contributed by atoms with Crippen LogP contribution in [0.5, 0.6) is 11.5 Å². The van der Waals surface area contributed by atoms with Crippen molar-refractivity contribution in [1.82, 2.24) is 0 Å². The third-order valence-electron chi connectivity index (χ3n) is 1.95. The quantitative estimate of drug-likeness (QED) is 0.573. The first kappa shape index (κ1) is 9.02. The molecule has 1 aliphatic rings. The Balaban J connectivity index is 2.08. The minimum Gasteiger partial charge on any atom is -0.504 e. The van der Waals surface area contributed by atoms with Crippen LogP contribution < -0.4 is 4.74 Å². The second-order valence-corrected chi connectivity index (χ2v) is 3.11. The molecule has 74 valence electrons. The minimum absolute atomic E-state index is 0.0382. The van der Waals surface area contributed by atoms with Gasteiger partial charge < -0.3 is 14.6 Å². The van der Waals surface area contributed by atoms with Crippen molar-refractivity contribution >= 4 is 6.29 Å². The molecule has 1 fully saturated rings. The van der Waals surface area contributed by atoms with Crippen molar-refractivity contribution in [2.75, 3.05) is 13.2 Å². The Kier molecular flexibility index (Phi) is 2.37. The van der Waals surface area contributed by atoms with Crippen LogP contribution in [-0.4, -0.2) is 30.7 Å². The highest BCUT2D eigenvalue weighted by Crippen LogP contribution is 2.27.